The second kappa shape index (κ2) is 50.0. The van der Waals surface area contributed by atoms with E-state index in [1.807, 2.05) is 0 Å². The van der Waals surface area contributed by atoms with Gasteiger partial charge in [0.15, 0.2) is 6.10 Å². The molecule has 0 bridgehead atoms. The molecule has 5 heteroatoms. The average Bonchev–Trinajstić information content (AvgIpc) is 3.22. The molecule has 0 aliphatic carbocycles. The van der Waals surface area contributed by atoms with Crippen LogP contribution in [0.4, 0.5) is 0 Å². The normalized spacial score (nSPS) is 12.1. The van der Waals surface area contributed by atoms with Crippen molar-refractivity contribution in [2.45, 2.75) is 297 Å². The van der Waals surface area contributed by atoms with E-state index in [9.17, 15) is 9.59 Å². The van der Waals surface area contributed by atoms with Crippen LogP contribution in [0, 0.1) is 0 Å². The van der Waals surface area contributed by atoms with Crippen molar-refractivity contribution in [3.05, 3.63) is 12.2 Å². The first-order chi connectivity index (χ1) is 28.6. The summed E-state index contributed by atoms with van der Waals surface area (Å²) in [5.74, 6) is -0.385. The molecule has 0 aromatic carbocycles. The molecule has 1 unspecified atom stereocenters. The van der Waals surface area contributed by atoms with Gasteiger partial charge in [0, 0.05) is 19.4 Å². The lowest BCUT2D eigenvalue weighted by Gasteiger charge is -2.18. The van der Waals surface area contributed by atoms with E-state index >= 15 is 0 Å². The molecule has 0 amide bonds. The summed E-state index contributed by atoms with van der Waals surface area (Å²) in [6.07, 6.45) is 56.4. The Hall–Kier alpha value is -1.36. The molecule has 0 spiro atoms. The Morgan fingerprint density at radius 3 is 1.05 bits per heavy atom. The SMILES string of the molecule is CCCCCCCC/C=C\CCCCCCCC(=O)OCC(COCCCCCCCCCCCCCC)OC(=O)CCCCCCCCCCCCCCCCC. The highest BCUT2D eigenvalue weighted by atomic mass is 16.6. The van der Waals surface area contributed by atoms with Gasteiger partial charge in [-0.15, -0.1) is 0 Å². The number of hydrogen-bond donors (Lipinski definition) is 0. The Balaban J connectivity index is 4.21. The fourth-order valence-corrected chi connectivity index (χ4v) is 7.86. The van der Waals surface area contributed by atoms with Crippen molar-refractivity contribution in [2.24, 2.45) is 0 Å². The minimum Gasteiger partial charge on any atom is -0.462 e. The minimum atomic E-state index is -0.528. The molecule has 58 heavy (non-hydrogen) atoms. The topological polar surface area (TPSA) is 61.8 Å². The number of hydrogen-bond acceptors (Lipinski definition) is 5. The van der Waals surface area contributed by atoms with Gasteiger partial charge in [-0.05, 0) is 44.9 Å². The highest BCUT2D eigenvalue weighted by Crippen LogP contribution is 2.16. The van der Waals surface area contributed by atoms with Gasteiger partial charge in [0.25, 0.3) is 0 Å². The Kier molecular flexibility index (Phi) is 48.8. The van der Waals surface area contributed by atoms with E-state index in [1.54, 1.807) is 0 Å². The zero-order chi connectivity index (χ0) is 42.1. The van der Waals surface area contributed by atoms with Gasteiger partial charge in [-0.2, -0.15) is 0 Å². The van der Waals surface area contributed by atoms with Crippen LogP contribution >= 0.6 is 0 Å². The summed E-state index contributed by atoms with van der Waals surface area (Å²) in [4.78, 5) is 25.4. The lowest BCUT2D eigenvalue weighted by Crippen LogP contribution is -2.30. The molecule has 344 valence electrons. The number of allylic oxidation sites excluding steroid dienone is 2. The Morgan fingerprint density at radius 1 is 0.362 bits per heavy atom. The fourth-order valence-electron chi connectivity index (χ4n) is 7.86. The number of esters is 2. The van der Waals surface area contributed by atoms with Crippen molar-refractivity contribution in [2.75, 3.05) is 19.8 Å². The predicted molar refractivity (Wildman–Crippen MR) is 252 cm³/mol. The molecule has 0 aliphatic rings. The van der Waals surface area contributed by atoms with E-state index in [4.69, 9.17) is 14.2 Å². The summed E-state index contributed by atoms with van der Waals surface area (Å²) in [7, 11) is 0. The molecule has 0 saturated carbocycles. The number of carbonyl (C=O) groups excluding carboxylic acids is 2. The molecule has 0 saturated heterocycles. The third-order valence-corrected chi connectivity index (χ3v) is 11.8. The van der Waals surface area contributed by atoms with Crippen molar-refractivity contribution in [1.82, 2.24) is 0 Å². The van der Waals surface area contributed by atoms with Crippen LogP contribution in [0.25, 0.3) is 0 Å². The Morgan fingerprint density at radius 2 is 0.672 bits per heavy atom. The van der Waals surface area contributed by atoms with E-state index in [1.165, 1.54) is 218 Å². The summed E-state index contributed by atoms with van der Waals surface area (Å²) >= 11 is 0. The zero-order valence-corrected chi connectivity index (χ0v) is 39.6. The fraction of sp³-hybridized carbons (Fsp3) is 0.925. The van der Waals surface area contributed by atoms with Crippen LogP contribution in [0.15, 0.2) is 12.2 Å². The summed E-state index contributed by atoms with van der Waals surface area (Å²) in [5.41, 5.74) is 0. The molecule has 0 aromatic rings. The van der Waals surface area contributed by atoms with Crippen LogP contribution in [0.1, 0.15) is 290 Å². The van der Waals surface area contributed by atoms with E-state index < -0.39 is 6.10 Å². The van der Waals surface area contributed by atoms with Gasteiger partial charge < -0.3 is 14.2 Å². The highest BCUT2D eigenvalue weighted by molar-refractivity contribution is 5.70. The zero-order valence-electron chi connectivity index (χ0n) is 39.6. The van der Waals surface area contributed by atoms with Gasteiger partial charge in [-0.25, -0.2) is 0 Å². The smallest absolute Gasteiger partial charge is 0.306 e. The van der Waals surface area contributed by atoms with Gasteiger partial charge in [0.1, 0.15) is 6.61 Å². The van der Waals surface area contributed by atoms with E-state index in [2.05, 4.69) is 32.9 Å². The summed E-state index contributed by atoms with van der Waals surface area (Å²) in [5, 5.41) is 0. The third kappa shape index (κ3) is 47.3. The van der Waals surface area contributed by atoms with Crippen molar-refractivity contribution < 1.29 is 23.8 Å². The predicted octanol–water partition coefficient (Wildman–Crippen LogP) is 17.5. The maximum Gasteiger partial charge on any atom is 0.306 e. The molecule has 5 nitrogen and oxygen atoms in total. The van der Waals surface area contributed by atoms with Gasteiger partial charge in [0.05, 0.1) is 6.61 Å². The van der Waals surface area contributed by atoms with Gasteiger partial charge in [-0.1, -0.05) is 245 Å². The number of rotatable bonds is 49. The highest BCUT2D eigenvalue weighted by Gasteiger charge is 2.17. The molecule has 0 radical (unpaired) electrons. The second-order valence-electron chi connectivity index (χ2n) is 17.8. The maximum atomic E-state index is 12.8. The quantitative estimate of drug-likeness (QED) is 0.0348. The molecule has 0 aliphatic heterocycles. The molecule has 0 rings (SSSR count). The van der Waals surface area contributed by atoms with Crippen LogP contribution < -0.4 is 0 Å². The van der Waals surface area contributed by atoms with E-state index in [0.717, 1.165) is 38.5 Å². The van der Waals surface area contributed by atoms with Crippen molar-refractivity contribution in [1.29, 1.82) is 0 Å². The van der Waals surface area contributed by atoms with Crippen molar-refractivity contribution in [3.8, 4) is 0 Å². The Bertz CT molecular complexity index is 840. The van der Waals surface area contributed by atoms with Crippen molar-refractivity contribution >= 4 is 11.9 Å². The summed E-state index contributed by atoms with van der Waals surface area (Å²) in [6, 6.07) is 0. The van der Waals surface area contributed by atoms with Crippen LogP contribution in [-0.2, 0) is 23.8 Å². The number of unbranched alkanes of at least 4 members (excludes halogenated alkanes) is 36. The molecular formula is C53H102O5. The van der Waals surface area contributed by atoms with Crippen molar-refractivity contribution in [3.63, 3.8) is 0 Å². The van der Waals surface area contributed by atoms with Crippen LogP contribution in [0.5, 0.6) is 0 Å². The standard InChI is InChI=1S/C53H102O5/c1-4-7-10-13-16-19-22-25-27-29-31-34-37-40-43-46-52(54)57-50-51(49-56-48-45-42-39-36-33-24-21-18-15-12-9-6-3)58-53(55)47-44-41-38-35-32-30-28-26-23-20-17-14-11-8-5-2/h25,27,51H,4-24,26,28-50H2,1-3H3/b27-25-. The molecule has 0 aromatic heterocycles. The van der Waals surface area contributed by atoms with Crippen LogP contribution in [-0.4, -0.2) is 37.9 Å². The average molecular weight is 819 g/mol. The molecule has 1 atom stereocenters. The van der Waals surface area contributed by atoms with Crippen LogP contribution in [0.3, 0.4) is 0 Å². The Labute approximate surface area is 363 Å². The van der Waals surface area contributed by atoms with Gasteiger partial charge in [0.2, 0.25) is 0 Å². The first-order valence-electron chi connectivity index (χ1n) is 26.2. The monoisotopic (exact) mass is 819 g/mol. The van der Waals surface area contributed by atoms with Gasteiger partial charge in [-0.3, -0.25) is 9.59 Å². The first kappa shape index (κ1) is 56.6. The maximum absolute atomic E-state index is 12.8. The molecule has 0 heterocycles. The summed E-state index contributed by atoms with van der Waals surface area (Å²) in [6.45, 7) is 7.88. The largest absolute Gasteiger partial charge is 0.462 e. The molecular weight excluding hydrogens is 717 g/mol. The lowest BCUT2D eigenvalue weighted by molar-refractivity contribution is -0.163. The minimum absolute atomic E-state index is 0.0902. The lowest BCUT2D eigenvalue weighted by atomic mass is 10.0. The number of carbonyl (C=O) groups is 2. The summed E-state index contributed by atoms with van der Waals surface area (Å²) < 4.78 is 17.4. The van der Waals surface area contributed by atoms with Crippen LogP contribution in [0.2, 0.25) is 0 Å². The molecule has 0 N–H and O–H groups in total. The van der Waals surface area contributed by atoms with Gasteiger partial charge >= 0.3 is 11.9 Å². The number of ether oxygens (including phenoxy) is 3. The second-order valence-corrected chi connectivity index (χ2v) is 17.8. The molecule has 0 fully saturated rings. The third-order valence-electron chi connectivity index (χ3n) is 11.8. The van der Waals surface area contributed by atoms with E-state index in [-0.39, 0.29) is 18.5 Å². The first-order valence-corrected chi connectivity index (χ1v) is 26.2. The van der Waals surface area contributed by atoms with E-state index in [0.29, 0.717) is 26.1 Å².